The van der Waals surface area contributed by atoms with E-state index in [0.29, 0.717) is 24.3 Å². The maximum atomic E-state index is 13.3. The molecule has 44 heavy (non-hydrogen) atoms. The molecule has 1 amide bonds. The van der Waals surface area contributed by atoms with Crippen LogP contribution in [0.3, 0.4) is 0 Å². The zero-order valence-electron chi connectivity index (χ0n) is 25.3. The third-order valence-corrected chi connectivity index (χ3v) is 6.67. The van der Waals surface area contributed by atoms with Crippen LogP contribution in [0.5, 0.6) is 5.75 Å². The molecule has 232 valence electrons. The van der Waals surface area contributed by atoms with Gasteiger partial charge < -0.3 is 20.7 Å². The van der Waals surface area contributed by atoms with Gasteiger partial charge in [0.25, 0.3) is 5.91 Å². The first kappa shape index (κ1) is 33.9. The van der Waals surface area contributed by atoms with Crippen molar-refractivity contribution in [2.75, 3.05) is 23.8 Å². The maximum Gasteiger partial charge on any atom is 0.415 e. The highest BCUT2D eigenvalue weighted by atomic mass is 19.4. The van der Waals surface area contributed by atoms with Crippen molar-refractivity contribution in [2.24, 2.45) is 5.92 Å². The van der Waals surface area contributed by atoms with Crippen molar-refractivity contribution in [3.63, 3.8) is 0 Å². The summed E-state index contributed by atoms with van der Waals surface area (Å²) in [4.78, 5) is 13.3. The summed E-state index contributed by atoms with van der Waals surface area (Å²) in [7, 11) is 0. The summed E-state index contributed by atoms with van der Waals surface area (Å²) < 4.78 is 45.7. The Morgan fingerprint density at radius 2 is 1.68 bits per heavy atom. The highest BCUT2D eigenvalue weighted by Gasteiger charge is 2.31. The molecule has 0 spiro atoms. The van der Waals surface area contributed by atoms with Crippen LogP contribution in [0, 0.1) is 17.2 Å². The molecule has 0 bridgehead atoms. The van der Waals surface area contributed by atoms with Gasteiger partial charge in [0, 0.05) is 11.4 Å². The van der Waals surface area contributed by atoms with Crippen molar-refractivity contribution in [3.05, 3.63) is 113 Å². The van der Waals surface area contributed by atoms with Crippen LogP contribution in [0.4, 0.5) is 24.5 Å². The van der Waals surface area contributed by atoms with E-state index in [1.165, 1.54) is 18.9 Å². The lowest BCUT2D eigenvalue weighted by molar-refractivity contribution is -0.112. The summed E-state index contributed by atoms with van der Waals surface area (Å²) in [5, 5.41) is 18.2. The minimum Gasteiger partial charge on any atom is -0.494 e. The molecule has 0 aromatic heterocycles. The van der Waals surface area contributed by atoms with E-state index >= 15 is 0 Å². The molecular formula is C35H39F3N4O2. The lowest BCUT2D eigenvalue weighted by atomic mass is 9.97. The number of anilines is 2. The van der Waals surface area contributed by atoms with Crippen molar-refractivity contribution in [1.82, 2.24) is 5.32 Å². The Morgan fingerprint density at radius 3 is 2.30 bits per heavy atom. The normalized spacial score (nSPS) is 13.5. The van der Waals surface area contributed by atoms with Gasteiger partial charge in [0.1, 0.15) is 11.4 Å². The van der Waals surface area contributed by atoms with Crippen LogP contribution in [0.2, 0.25) is 0 Å². The number of nitriles is 1. The van der Waals surface area contributed by atoms with E-state index in [1.54, 1.807) is 36.4 Å². The second kappa shape index (κ2) is 16.3. The van der Waals surface area contributed by atoms with Gasteiger partial charge in [-0.25, -0.2) is 0 Å². The second-order valence-electron chi connectivity index (χ2n) is 10.2. The van der Waals surface area contributed by atoms with Gasteiger partial charge in [-0.2, -0.15) is 18.4 Å². The van der Waals surface area contributed by atoms with E-state index < -0.39 is 17.7 Å². The van der Waals surface area contributed by atoms with Crippen molar-refractivity contribution in [3.8, 4) is 11.8 Å². The molecule has 3 aromatic rings. The standard InChI is InChI=1S/C33H33F3N4O2.C2H6/c1-3-16-42-29-14-12-25(13-15-29)31(38-21-23-10-11-23)26-7-5-9-28(19-26)40-32(41)30(17-22(2)33(34,35)36)39-27-8-4-6-24(18-27)20-37;1-2/h4-9,12-15,17-19,23,31,38-39H,2-3,10-11,16,21H2,1H3,(H,40,41);1-2H3/b30-17-;. The zero-order chi connectivity index (χ0) is 32.1. The van der Waals surface area contributed by atoms with Crippen LogP contribution in [0.15, 0.2) is 96.7 Å². The fraction of sp³-hybridized carbons (Fsp3) is 0.314. The SMILES string of the molecule is C=C(/C=C(\Nc1cccc(C#N)c1)C(=O)Nc1cccc(C(NCC2CC2)c2ccc(OCCC)cc2)c1)C(F)(F)F.CC. The van der Waals surface area contributed by atoms with Gasteiger partial charge in [-0.15, -0.1) is 0 Å². The lowest BCUT2D eigenvalue weighted by Gasteiger charge is -2.21. The summed E-state index contributed by atoms with van der Waals surface area (Å²) >= 11 is 0. The largest absolute Gasteiger partial charge is 0.494 e. The first-order chi connectivity index (χ1) is 21.2. The molecule has 9 heteroatoms. The number of ether oxygens (including phenoxy) is 1. The van der Waals surface area contributed by atoms with Gasteiger partial charge in [-0.05, 0) is 91.4 Å². The number of alkyl halides is 3. The number of benzene rings is 3. The molecule has 0 heterocycles. The zero-order valence-corrected chi connectivity index (χ0v) is 25.3. The molecule has 1 unspecified atom stereocenters. The lowest BCUT2D eigenvalue weighted by Crippen LogP contribution is -2.25. The third-order valence-electron chi connectivity index (χ3n) is 6.67. The van der Waals surface area contributed by atoms with Crippen LogP contribution < -0.4 is 20.7 Å². The van der Waals surface area contributed by atoms with E-state index in [-0.39, 0.29) is 23.0 Å². The average molecular weight is 605 g/mol. The molecular weight excluding hydrogens is 565 g/mol. The molecule has 1 atom stereocenters. The monoisotopic (exact) mass is 604 g/mol. The van der Waals surface area contributed by atoms with Gasteiger partial charge in [0.2, 0.25) is 0 Å². The summed E-state index contributed by atoms with van der Waals surface area (Å²) in [5.74, 6) is 0.623. The second-order valence-corrected chi connectivity index (χ2v) is 10.2. The molecule has 1 aliphatic rings. The Balaban J connectivity index is 0.00000259. The fourth-order valence-corrected chi connectivity index (χ4v) is 4.24. The number of carbonyl (C=O) groups excluding carboxylic acids is 1. The number of nitrogens with one attached hydrogen (secondary N) is 3. The Kier molecular flexibility index (Phi) is 12.6. The average Bonchev–Trinajstić information content (AvgIpc) is 3.86. The quantitative estimate of drug-likeness (QED) is 0.135. The predicted octanol–water partition coefficient (Wildman–Crippen LogP) is 8.52. The number of rotatable bonds is 13. The molecule has 0 radical (unpaired) electrons. The Morgan fingerprint density at radius 1 is 1.02 bits per heavy atom. The number of halogens is 3. The van der Waals surface area contributed by atoms with Crippen LogP contribution in [-0.2, 0) is 4.79 Å². The summed E-state index contributed by atoms with van der Waals surface area (Å²) in [6, 6.07) is 23.0. The van der Waals surface area contributed by atoms with Crippen molar-refractivity contribution < 1.29 is 22.7 Å². The smallest absolute Gasteiger partial charge is 0.415 e. The van der Waals surface area contributed by atoms with Crippen molar-refractivity contribution >= 4 is 17.3 Å². The van der Waals surface area contributed by atoms with Gasteiger partial charge in [-0.1, -0.05) is 57.7 Å². The van der Waals surface area contributed by atoms with Crippen LogP contribution in [0.25, 0.3) is 0 Å². The van der Waals surface area contributed by atoms with E-state index in [1.807, 2.05) is 57.2 Å². The summed E-state index contributed by atoms with van der Waals surface area (Å²) in [6.45, 7) is 10.6. The molecule has 4 rings (SSSR count). The summed E-state index contributed by atoms with van der Waals surface area (Å²) in [6.07, 6.45) is -0.793. The number of nitrogens with zero attached hydrogens (tertiary/aromatic N) is 1. The van der Waals surface area contributed by atoms with E-state index in [0.717, 1.165) is 29.8 Å². The molecule has 1 saturated carbocycles. The van der Waals surface area contributed by atoms with E-state index in [2.05, 4.69) is 22.5 Å². The van der Waals surface area contributed by atoms with Crippen LogP contribution >= 0.6 is 0 Å². The number of allylic oxidation sites excluding steroid dienone is 2. The summed E-state index contributed by atoms with van der Waals surface area (Å²) in [5.41, 5.74) is 1.33. The topological polar surface area (TPSA) is 86.2 Å². The number of hydrogen-bond acceptors (Lipinski definition) is 5. The van der Waals surface area contributed by atoms with E-state index in [9.17, 15) is 23.2 Å². The minimum atomic E-state index is -4.72. The maximum absolute atomic E-state index is 13.3. The van der Waals surface area contributed by atoms with Crippen LogP contribution in [-0.4, -0.2) is 25.2 Å². The van der Waals surface area contributed by atoms with Crippen LogP contribution in [0.1, 0.15) is 62.8 Å². The first-order valence-corrected chi connectivity index (χ1v) is 14.8. The molecule has 3 N–H and O–H groups in total. The molecule has 6 nitrogen and oxygen atoms in total. The fourth-order valence-electron chi connectivity index (χ4n) is 4.24. The highest BCUT2D eigenvalue weighted by Crippen LogP contribution is 2.32. The Hall–Kier alpha value is -4.55. The van der Waals surface area contributed by atoms with Crippen molar-refractivity contribution in [2.45, 2.75) is 52.3 Å². The van der Waals surface area contributed by atoms with Gasteiger partial charge in [0.15, 0.2) is 0 Å². The molecule has 3 aromatic carbocycles. The van der Waals surface area contributed by atoms with Gasteiger partial charge >= 0.3 is 6.18 Å². The molecule has 1 aliphatic carbocycles. The number of carbonyl (C=O) groups is 1. The van der Waals surface area contributed by atoms with Gasteiger partial charge in [0.05, 0.1) is 29.9 Å². The first-order valence-electron chi connectivity index (χ1n) is 14.8. The molecule has 0 aliphatic heterocycles. The number of hydrogen-bond donors (Lipinski definition) is 3. The highest BCUT2D eigenvalue weighted by molar-refractivity contribution is 6.06. The minimum absolute atomic E-state index is 0.172. The van der Waals surface area contributed by atoms with E-state index in [4.69, 9.17) is 4.74 Å². The predicted molar refractivity (Wildman–Crippen MR) is 169 cm³/mol. The molecule has 0 saturated heterocycles. The number of amides is 1. The Bertz CT molecular complexity index is 1470. The third kappa shape index (κ3) is 10.3. The Labute approximate surface area is 257 Å². The van der Waals surface area contributed by atoms with Gasteiger partial charge in [-0.3, -0.25) is 4.79 Å². The van der Waals surface area contributed by atoms with Crippen molar-refractivity contribution in [1.29, 1.82) is 5.26 Å². The molecule has 1 fully saturated rings.